The number of piperidine rings is 1. The summed E-state index contributed by atoms with van der Waals surface area (Å²) in [5, 5.41) is 0. The van der Waals surface area contributed by atoms with E-state index in [0.717, 1.165) is 6.07 Å². The predicted octanol–water partition coefficient (Wildman–Crippen LogP) is 4.01. The van der Waals surface area contributed by atoms with Gasteiger partial charge in [0.25, 0.3) is 0 Å². The average Bonchev–Trinajstić information content (AvgIpc) is 2.56. The molecule has 2 unspecified atom stereocenters. The number of nitrogens with zero attached hydrogens (tertiary/aromatic N) is 1. The van der Waals surface area contributed by atoms with E-state index < -0.39 is 47.0 Å². The highest BCUT2D eigenvalue weighted by atomic mass is 19.2. The highest BCUT2D eigenvalue weighted by Crippen LogP contribution is 2.36. The number of esters is 1. The molecular formula is C19H24F3NO4. The second kappa shape index (κ2) is 8.19. The third-order valence-electron chi connectivity index (χ3n) is 4.29. The molecule has 0 saturated carbocycles. The normalized spacial score (nSPS) is 20.3. The minimum atomic E-state index is -1.30. The molecule has 1 saturated heterocycles. The summed E-state index contributed by atoms with van der Waals surface area (Å²) < 4.78 is 51.5. The van der Waals surface area contributed by atoms with E-state index in [-0.39, 0.29) is 31.7 Å². The molecule has 1 heterocycles. The Kier molecular flexibility index (Phi) is 6.38. The number of benzene rings is 1. The minimum Gasteiger partial charge on any atom is -0.466 e. The lowest BCUT2D eigenvalue weighted by molar-refractivity contribution is -0.150. The lowest BCUT2D eigenvalue weighted by Crippen LogP contribution is -2.48. The van der Waals surface area contributed by atoms with Crippen LogP contribution in [0.25, 0.3) is 0 Å². The van der Waals surface area contributed by atoms with Gasteiger partial charge in [0.1, 0.15) is 11.4 Å². The first kappa shape index (κ1) is 21.1. The maximum absolute atomic E-state index is 14.3. The van der Waals surface area contributed by atoms with Gasteiger partial charge in [0.2, 0.25) is 0 Å². The molecule has 1 aromatic rings. The highest BCUT2D eigenvalue weighted by molar-refractivity contribution is 5.76. The Labute approximate surface area is 156 Å². The van der Waals surface area contributed by atoms with Crippen LogP contribution in [0.3, 0.4) is 0 Å². The van der Waals surface area contributed by atoms with Crippen molar-refractivity contribution in [3.63, 3.8) is 0 Å². The van der Waals surface area contributed by atoms with Crippen molar-refractivity contribution in [3.8, 4) is 0 Å². The fourth-order valence-electron chi connectivity index (χ4n) is 3.13. The van der Waals surface area contributed by atoms with Crippen molar-refractivity contribution in [2.45, 2.75) is 45.6 Å². The molecule has 5 nitrogen and oxygen atoms in total. The standard InChI is InChI=1S/C19H24F3NO4/c1-5-26-17(24)13-10-23(18(25)27-19(2,3)4)7-6-11(13)12-8-15(21)16(22)9-14(12)20/h8-9,11,13H,5-7,10H2,1-4H3. The van der Waals surface area contributed by atoms with E-state index in [2.05, 4.69) is 0 Å². The molecule has 1 fully saturated rings. The number of carbonyl (C=O) groups excluding carboxylic acids is 2. The van der Waals surface area contributed by atoms with Crippen molar-refractivity contribution in [2.24, 2.45) is 5.92 Å². The largest absolute Gasteiger partial charge is 0.466 e. The zero-order valence-corrected chi connectivity index (χ0v) is 15.9. The van der Waals surface area contributed by atoms with E-state index in [9.17, 15) is 22.8 Å². The van der Waals surface area contributed by atoms with Crippen LogP contribution in [-0.4, -0.2) is 42.3 Å². The second-order valence-corrected chi connectivity index (χ2v) is 7.47. The number of ether oxygens (including phenoxy) is 2. The quantitative estimate of drug-likeness (QED) is 0.581. The summed E-state index contributed by atoms with van der Waals surface area (Å²) in [5.41, 5.74) is -0.810. The molecular weight excluding hydrogens is 363 g/mol. The Morgan fingerprint density at radius 2 is 1.78 bits per heavy atom. The second-order valence-electron chi connectivity index (χ2n) is 7.47. The molecule has 1 aliphatic rings. The monoisotopic (exact) mass is 387 g/mol. The van der Waals surface area contributed by atoms with Gasteiger partial charge in [-0.3, -0.25) is 4.79 Å². The summed E-state index contributed by atoms with van der Waals surface area (Å²) in [6, 6.07) is 1.23. The van der Waals surface area contributed by atoms with Crippen LogP contribution in [0, 0.1) is 23.4 Å². The van der Waals surface area contributed by atoms with Gasteiger partial charge in [-0.25, -0.2) is 18.0 Å². The van der Waals surface area contributed by atoms with Gasteiger partial charge in [-0.1, -0.05) is 0 Å². The van der Waals surface area contributed by atoms with E-state index in [1.165, 1.54) is 4.90 Å². The molecule has 27 heavy (non-hydrogen) atoms. The molecule has 1 amide bonds. The zero-order valence-electron chi connectivity index (χ0n) is 15.9. The van der Waals surface area contributed by atoms with Crippen molar-refractivity contribution in [1.29, 1.82) is 0 Å². The van der Waals surface area contributed by atoms with Gasteiger partial charge in [0, 0.05) is 25.1 Å². The summed E-state index contributed by atoms with van der Waals surface area (Å²) in [4.78, 5) is 26.1. The van der Waals surface area contributed by atoms with Crippen LogP contribution in [0.5, 0.6) is 0 Å². The van der Waals surface area contributed by atoms with Crippen LogP contribution < -0.4 is 0 Å². The number of halogens is 3. The van der Waals surface area contributed by atoms with Gasteiger partial charge in [0.05, 0.1) is 12.5 Å². The summed E-state index contributed by atoms with van der Waals surface area (Å²) in [6.45, 7) is 7.02. The van der Waals surface area contributed by atoms with Gasteiger partial charge >= 0.3 is 12.1 Å². The maximum atomic E-state index is 14.3. The third kappa shape index (κ3) is 5.14. The zero-order chi connectivity index (χ0) is 20.4. The van der Waals surface area contributed by atoms with E-state index in [0.29, 0.717) is 6.07 Å². The number of hydrogen-bond donors (Lipinski definition) is 0. The lowest BCUT2D eigenvalue weighted by Gasteiger charge is -2.38. The molecule has 0 aromatic heterocycles. The van der Waals surface area contributed by atoms with E-state index in [1.807, 2.05) is 0 Å². The molecule has 0 spiro atoms. The van der Waals surface area contributed by atoms with E-state index >= 15 is 0 Å². The Balaban J connectivity index is 2.30. The molecule has 0 N–H and O–H groups in total. The van der Waals surface area contributed by atoms with Gasteiger partial charge in [-0.05, 0) is 45.7 Å². The lowest BCUT2D eigenvalue weighted by atomic mass is 9.80. The van der Waals surface area contributed by atoms with Crippen molar-refractivity contribution in [3.05, 3.63) is 35.1 Å². The number of carbonyl (C=O) groups is 2. The highest BCUT2D eigenvalue weighted by Gasteiger charge is 2.40. The summed E-state index contributed by atoms with van der Waals surface area (Å²) in [6.07, 6.45) is -0.411. The van der Waals surface area contributed by atoms with Crippen LogP contribution in [0.2, 0.25) is 0 Å². The Morgan fingerprint density at radius 1 is 1.15 bits per heavy atom. The molecule has 2 rings (SSSR count). The summed E-state index contributed by atoms with van der Waals surface area (Å²) in [7, 11) is 0. The first-order valence-electron chi connectivity index (χ1n) is 8.82. The van der Waals surface area contributed by atoms with Crippen LogP contribution in [-0.2, 0) is 14.3 Å². The van der Waals surface area contributed by atoms with Crippen LogP contribution in [0.4, 0.5) is 18.0 Å². The van der Waals surface area contributed by atoms with Crippen LogP contribution in [0.15, 0.2) is 12.1 Å². The van der Waals surface area contributed by atoms with Crippen molar-refractivity contribution >= 4 is 12.1 Å². The minimum absolute atomic E-state index is 0.0587. The average molecular weight is 387 g/mol. The SMILES string of the molecule is CCOC(=O)C1CN(C(=O)OC(C)(C)C)CCC1c1cc(F)c(F)cc1F. The molecule has 1 aliphatic heterocycles. The topological polar surface area (TPSA) is 55.8 Å². The summed E-state index contributed by atoms with van der Waals surface area (Å²) in [5.74, 6) is -5.69. The fourth-order valence-corrected chi connectivity index (χ4v) is 3.13. The van der Waals surface area contributed by atoms with E-state index in [4.69, 9.17) is 9.47 Å². The molecule has 150 valence electrons. The number of hydrogen-bond acceptors (Lipinski definition) is 4. The smallest absolute Gasteiger partial charge is 0.410 e. The fraction of sp³-hybridized carbons (Fsp3) is 0.579. The number of likely N-dealkylation sites (tertiary alicyclic amines) is 1. The molecule has 0 radical (unpaired) electrons. The third-order valence-corrected chi connectivity index (χ3v) is 4.29. The van der Waals surface area contributed by atoms with Crippen LogP contribution in [0.1, 0.15) is 45.6 Å². The Hall–Kier alpha value is -2.25. The number of rotatable bonds is 3. The van der Waals surface area contributed by atoms with Gasteiger partial charge in [-0.15, -0.1) is 0 Å². The maximum Gasteiger partial charge on any atom is 0.410 e. The molecule has 8 heteroatoms. The van der Waals surface area contributed by atoms with Crippen molar-refractivity contribution in [1.82, 2.24) is 4.90 Å². The predicted molar refractivity (Wildman–Crippen MR) is 91.6 cm³/mol. The first-order chi connectivity index (χ1) is 12.5. The molecule has 0 bridgehead atoms. The Bertz CT molecular complexity index is 718. The van der Waals surface area contributed by atoms with Gasteiger partial charge in [-0.2, -0.15) is 0 Å². The summed E-state index contributed by atoms with van der Waals surface area (Å²) >= 11 is 0. The number of amides is 1. The van der Waals surface area contributed by atoms with Crippen LogP contribution >= 0.6 is 0 Å². The molecule has 2 atom stereocenters. The van der Waals surface area contributed by atoms with Gasteiger partial charge < -0.3 is 14.4 Å². The Morgan fingerprint density at radius 3 is 2.37 bits per heavy atom. The van der Waals surface area contributed by atoms with Crippen molar-refractivity contribution in [2.75, 3.05) is 19.7 Å². The molecule has 0 aliphatic carbocycles. The first-order valence-corrected chi connectivity index (χ1v) is 8.82. The van der Waals surface area contributed by atoms with Gasteiger partial charge in [0.15, 0.2) is 11.6 Å². The van der Waals surface area contributed by atoms with E-state index in [1.54, 1.807) is 27.7 Å². The van der Waals surface area contributed by atoms with Crippen molar-refractivity contribution < 1.29 is 32.2 Å². The molecule has 1 aromatic carbocycles.